The van der Waals surface area contributed by atoms with Crippen LogP contribution in [0.1, 0.15) is 25.5 Å². The van der Waals surface area contributed by atoms with Gasteiger partial charge in [-0.2, -0.15) is 5.10 Å². The maximum Gasteiger partial charge on any atom is 0.228 e. The number of hydrogen-bond acceptors (Lipinski definition) is 4. The summed E-state index contributed by atoms with van der Waals surface area (Å²) in [4.78, 5) is 12.4. The molecule has 6 nitrogen and oxygen atoms in total. The molecular formula is C20H27N5O. The zero-order chi connectivity index (χ0) is 18.1. The number of aromatic nitrogens is 2. The Morgan fingerprint density at radius 2 is 2.35 bits per heavy atom. The number of fused-ring (bicyclic) bond motifs is 1. The van der Waals surface area contributed by atoms with Crippen molar-refractivity contribution < 1.29 is 4.79 Å². The lowest BCUT2D eigenvalue weighted by atomic mass is 9.95. The van der Waals surface area contributed by atoms with Crippen molar-refractivity contribution in [2.45, 2.75) is 25.2 Å². The van der Waals surface area contributed by atoms with Crippen molar-refractivity contribution in [3.8, 4) is 0 Å². The van der Waals surface area contributed by atoms with E-state index in [4.69, 9.17) is 0 Å². The van der Waals surface area contributed by atoms with Gasteiger partial charge in [-0.1, -0.05) is 12.2 Å². The number of carbonyl (C=O) groups excluding carboxylic acids is 1. The number of anilines is 1. The van der Waals surface area contributed by atoms with Gasteiger partial charge in [0.2, 0.25) is 5.91 Å². The largest absolute Gasteiger partial charge is 0.326 e. The molecule has 1 saturated carbocycles. The second-order valence-corrected chi connectivity index (χ2v) is 7.51. The monoisotopic (exact) mass is 353 g/mol. The van der Waals surface area contributed by atoms with Crippen LogP contribution in [0, 0.1) is 11.8 Å². The molecule has 4 N–H and O–H groups in total. The predicted molar refractivity (Wildman–Crippen MR) is 104 cm³/mol. The first-order valence-corrected chi connectivity index (χ1v) is 9.46. The maximum absolute atomic E-state index is 12.4. The molecule has 2 fully saturated rings. The van der Waals surface area contributed by atoms with Crippen molar-refractivity contribution in [1.82, 2.24) is 20.8 Å². The Morgan fingerprint density at radius 1 is 1.46 bits per heavy atom. The number of nitrogens with zero attached hydrogens (tertiary/aromatic N) is 1. The second kappa shape index (κ2) is 6.85. The summed E-state index contributed by atoms with van der Waals surface area (Å²) in [5.74, 6) is 0.726. The van der Waals surface area contributed by atoms with E-state index < -0.39 is 0 Å². The van der Waals surface area contributed by atoms with Crippen LogP contribution in [0.25, 0.3) is 10.9 Å². The van der Waals surface area contributed by atoms with Gasteiger partial charge >= 0.3 is 0 Å². The zero-order valence-corrected chi connectivity index (χ0v) is 15.4. The van der Waals surface area contributed by atoms with Crippen molar-refractivity contribution in [2.24, 2.45) is 11.8 Å². The molecule has 0 bridgehead atoms. The molecule has 2 aromatic rings. The zero-order valence-electron chi connectivity index (χ0n) is 15.4. The number of H-pyrrole nitrogens is 1. The van der Waals surface area contributed by atoms with E-state index in [-0.39, 0.29) is 17.2 Å². The number of benzene rings is 1. The molecule has 0 spiro atoms. The van der Waals surface area contributed by atoms with Gasteiger partial charge in [-0.15, -0.1) is 0 Å². The number of amides is 1. The quantitative estimate of drug-likeness (QED) is 0.600. The van der Waals surface area contributed by atoms with Gasteiger partial charge in [0.05, 0.1) is 17.1 Å². The van der Waals surface area contributed by atoms with E-state index in [1.807, 2.05) is 19.2 Å². The first-order chi connectivity index (χ1) is 12.7. The van der Waals surface area contributed by atoms with Gasteiger partial charge in [0.1, 0.15) is 0 Å². The summed E-state index contributed by atoms with van der Waals surface area (Å²) in [7, 11) is 2.00. The minimum absolute atomic E-state index is 0.0184. The Hall–Kier alpha value is -2.18. The molecule has 138 valence electrons. The number of rotatable bonds is 6. The Bertz CT molecular complexity index is 836. The third-order valence-corrected chi connectivity index (χ3v) is 5.79. The van der Waals surface area contributed by atoms with Crippen molar-refractivity contribution in [1.29, 1.82) is 0 Å². The SMILES string of the molecule is C/C=C\C1(c2[nH]nc3ccc(NC(=O)[C@@H]4CCNC4)cc23)CC1CNC. The lowest BCUT2D eigenvalue weighted by Crippen LogP contribution is -2.24. The fourth-order valence-corrected chi connectivity index (χ4v) is 4.31. The van der Waals surface area contributed by atoms with Crippen LogP contribution in [0.15, 0.2) is 30.4 Å². The van der Waals surface area contributed by atoms with Gasteiger partial charge in [-0.3, -0.25) is 9.89 Å². The van der Waals surface area contributed by atoms with Crippen molar-refractivity contribution in [2.75, 3.05) is 32.0 Å². The number of carbonyl (C=O) groups is 1. The van der Waals surface area contributed by atoms with E-state index in [1.165, 1.54) is 0 Å². The molecule has 4 rings (SSSR count). The maximum atomic E-state index is 12.4. The van der Waals surface area contributed by atoms with Crippen LogP contribution < -0.4 is 16.0 Å². The summed E-state index contributed by atoms with van der Waals surface area (Å²) in [6, 6.07) is 5.98. The Morgan fingerprint density at radius 3 is 3.08 bits per heavy atom. The van der Waals surface area contributed by atoms with E-state index in [0.29, 0.717) is 5.92 Å². The van der Waals surface area contributed by atoms with Gasteiger partial charge in [-0.25, -0.2) is 0 Å². The molecule has 1 amide bonds. The van der Waals surface area contributed by atoms with E-state index in [0.717, 1.165) is 54.8 Å². The molecule has 1 aromatic heterocycles. The summed E-state index contributed by atoms with van der Waals surface area (Å²) in [5, 5.41) is 18.5. The lowest BCUT2D eigenvalue weighted by molar-refractivity contribution is -0.119. The van der Waals surface area contributed by atoms with Gasteiger partial charge in [0.15, 0.2) is 0 Å². The van der Waals surface area contributed by atoms with Crippen LogP contribution in [0.4, 0.5) is 5.69 Å². The predicted octanol–water partition coefficient (Wildman–Crippen LogP) is 2.16. The molecule has 2 aliphatic rings. The molecule has 1 aromatic carbocycles. The molecule has 1 saturated heterocycles. The molecule has 0 radical (unpaired) electrons. The van der Waals surface area contributed by atoms with Crippen LogP contribution in [-0.4, -0.2) is 42.8 Å². The summed E-state index contributed by atoms with van der Waals surface area (Å²) in [5.41, 5.74) is 2.97. The highest BCUT2D eigenvalue weighted by Gasteiger charge is 2.54. The van der Waals surface area contributed by atoms with E-state index in [9.17, 15) is 4.79 Å². The highest BCUT2D eigenvalue weighted by Crippen LogP contribution is 2.56. The molecule has 1 aliphatic heterocycles. The summed E-state index contributed by atoms with van der Waals surface area (Å²) in [6.45, 7) is 4.73. The minimum Gasteiger partial charge on any atom is -0.326 e. The first kappa shape index (κ1) is 17.2. The summed E-state index contributed by atoms with van der Waals surface area (Å²) >= 11 is 0. The van der Waals surface area contributed by atoms with E-state index >= 15 is 0 Å². The summed E-state index contributed by atoms with van der Waals surface area (Å²) < 4.78 is 0. The molecule has 26 heavy (non-hydrogen) atoms. The van der Waals surface area contributed by atoms with Gasteiger partial charge in [0, 0.05) is 23.0 Å². The lowest BCUT2D eigenvalue weighted by Gasteiger charge is -2.13. The Balaban J connectivity index is 1.63. The van der Waals surface area contributed by atoms with Crippen molar-refractivity contribution >= 4 is 22.5 Å². The topological polar surface area (TPSA) is 81.8 Å². The van der Waals surface area contributed by atoms with Crippen LogP contribution >= 0.6 is 0 Å². The number of nitrogens with one attached hydrogen (secondary N) is 4. The molecule has 3 atom stereocenters. The molecular weight excluding hydrogens is 326 g/mol. The fourth-order valence-electron chi connectivity index (χ4n) is 4.31. The number of aromatic amines is 1. The van der Waals surface area contributed by atoms with Gasteiger partial charge in [0.25, 0.3) is 0 Å². The average molecular weight is 353 g/mol. The number of hydrogen-bond donors (Lipinski definition) is 4. The highest BCUT2D eigenvalue weighted by atomic mass is 16.1. The highest BCUT2D eigenvalue weighted by molar-refractivity contribution is 5.96. The molecule has 2 heterocycles. The van der Waals surface area contributed by atoms with Crippen molar-refractivity contribution in [3.63, 3.8) is 0 Å². The molecule has 2 unspecified atom stereocenters. The van der Waals surface area contributed by atoms with Gasteiger partial charge in [-0.05, 0) is 64.0 Å². The normalized spacial score (nSPS) is 28.1. The van der Waals surface area contributed by atoms with Crippen LogP contribution in [0.2, 0.25) is 0 Å². The summed E-state index contributed by atoms with van der Waals surface area (Å²) in [6.07, 6.45) is 6.43. The first-order valence-electron chi connectivity index (χ1n) is 9.46. The standard InChI is InChI=1S/C20H27N5O/c1-3-7-20(10-14(20)12-21-2)18-16-9-15(4-5-17(16)24-25-18)23-19(26)13-6-8-22-11-13/h3-5,7,9,13-14,21-22H,6,8,10-12H2,1-2H3,(H,23,26)(H,24,25)/b7-3-/t13-,14?,20?/m1/s1. The Kier molecular flexibility index (Phi) is 4.54. The van der Waals surface area contributed by atoms with Crippen LogP contribution in [0.5, 0.6) is 0 Å². The molecule has 6 heteroatoms. The third-order valence-electron chi connectivity index (χ3n) is 5.79. The second-order valence-electron chi connectivity index (χ2n) is 7.51. The number of allylic oxidation sites excluding steroid dienone is 2. The fraction of sp³-hybridized carbons (Fsp3) is 0.500. The van der Waals surface area contributed by atoms with Crippen LogP contribution in [0.3, 0.4) is 0 Å². The minimum atomic E-state index is 0.0184. The Labute approximate surface area is 153 Å². The average Bonchev–Trinajstić information content (AvgIpc) is 3.04. The molecule has 1 aliphatic carbocycles. The van der Waals surface area contributed by atoms with Gasteiger partial charge < -0.3 is 16.0 Å². The third kappa shape index (κ3) is 2.93. The van der Waals surface area contributed by atoms with E-state index in [1.54, 1.807) is 0 Å². The van der Waals surface area contributed by atoms with E-state index in [2.05, 4.69) is 51.3 Å². The van der Waals surface area contributed by atoms with Crippen LogP contribution in [-0.2, 0) is 10.2 Å². The smallest absolute Gasteiger partial charge is 0.228 e. The van der Waals surface area contributed by atoms with Crippen molar-refractivity contribution in [3.05, 3.63) is 36.0 Å².